The Labute approximate surface area is 114 Å². The summed E-state index contributed by atoms with van der Waals surface area (Å²) in [7, 11) is 1.62. The lowest BCUT2D eigenvalue weighted by molar-refractivity contribution is -0.122. The maximum atomic E-state index is 11.9. The molecule has 4 heteroatoms. The molecule has 1 amide bonds. The van der Waals surface area contributed by atoms with E-state index in [9.17, 15) is 4.79 Å². The van der Waals surface area contributed by atoms with Gasteiger partial charge >= 0.3 is 0 Å². The van der Waals surface area contributed by atoms with Crippen molar-refractivity contribution in [3.63, 3.8) is 0 Å². The molecule has 0 unspecified atom stereocenters. The number of hydrogen-bond acceptors (Lipinski definition) is 3. The SMILES string of the molecule is COc1ccc(N)cc1CNC(=O)CC1CCCC1. The molecule has 4 nitrogen and oxygen atoms in total. The van der Waals surface area contributed by atoms with Crippen LogP contribution in [-0.2, 0) is 11.3 Å². The zero-order chi connectivity index (χ0) is 13.7. The molecule has 0 atom stereocenters. The van der Waals surface area contributed by atoms with Crippen molar-refractivity contribution < 1.29 is 9.53 Å². The molecule has 0 aliphatic heterocycles. The second-order valence-electron chi connectivity index (χ2n) is 5.20. The number of rotatable bonds is 5. The maximum Gasteiger partial charge on any atom is 0.220 e. The second-order valence-corrected chi connectivity index (χ2v) is 5.20. The van der Waals surface area contributed by atoms with Gasteiger partial charge in [-0.15, -0.1) is 0 Å². The van der Waals surface area contributed by atoms with E-state index >= 15 is 0 Å². The fraction of sp³-hybridized carbons (Fsp3) is 0.533. The fourth-order valence-corrected chi connectivity index (χ4v) is 2.68. The number of carbonyl (C=O) groups excluding carboxylic acids is 1. The Balaban J connectivity index is 1.87. The van der Waals surface area contributed by atoms with E-state index in [4.69, 9.17) is 10.5 Å². The molecule has 1 aromatic rings. The third kappa shape index (κ3) is 3.88. The van der Waals surface area contributed by atoms with Gasteiger partial charge in [0.25, 0.3) is 0 Å². The van der Waals surface area contributed by atoms with Crippen LogP contribution in [0.5, 0.6) is 5.75 Å². The summed E-state index contributed by atoms with van der Waals surface area (Å²) in [6, 6.07) is 5.46. The van der Waals surface area contributed by atoms with E-state index in [2.05, 4.69) is 5.32 Å². The molecule has 0 bridgehead atoms. The molecule has 0 radical (unpaired) electrons. The Kier molecular flexibility index (Phi) is 4.66. The van der Waals surface area contributed by atoms with Gasteiger partial charge in [0.15, 0.2) is 0 Å². The summed E-state index contributed by atoms with van der Waals surface area (Å²) in [4.78, 5) is 11.9. The zero-order valence-electron chi connectivity index (χ0n) is 11.4. The van der Waals surface area contributed by atoms with E-state index in [1.807, 2.05) is 12.1 Å². The van der Waals surface area contributed by atoms with Gasteiger partial charge in [-0.3, -0.25) is 4.79 Å². The van der Waals surface area contributed by atoms with E-state index in [0.717, 1.165) is 11.3 Å². The third-order valence-corrected chi connectivity index (χ3v) is 3.73. The third-order valence-electron chi connectivity index (χ3n) is 3.73. The van der Waals surface area contributed by atoms with E-state index in [0.29, 0.717) is 24.6 Å². The highest BCUT2D eigenvalue weighted by atomic mass is 16.5. The predicted molar refractivity (Wildman–Crippen MR) is 75.8 cm³/mol. The number of ether oxygens (including phenoxy) is 1. The highest BCUT2D eigenvalue weighted by Crippen LogP contribution is 2.27. The van der Waals surface area contributed by atoms with E-state index in [-0.39, 0.29) is 5.91 Å². The van der Waals surface area contributed by atoms with Crippen LogP contribution in [0.3, 0.4) is 0 Å². The molecule has 1 aliphatic carbocycles. The largest absolute Gasteiger partial charge is 0.496 e. The summed E-state index contributed by atoms with van der Waals surface area (Å²) in [6.45, 7) is 0.472. The molecule has 0 heterocycles. The van der Waals surface area contributed by atoms with Gasteiger partial charge in [0, 0.05) is 24.2 Å². The van der Waals surface area contributed by atoms with Crippen LogP contribution in [0.25, 0.3) is 0 Å². The molecular weight excluding hydrogens is 240 g/mol. The molecule has 3 N–H and O–H groups in total. The monoisotopic (exact) mass is 262 g/mol. The van der Waals surface area contributed by atoms with E-state index in [1.165, 1.54) is 25.7 Å². The van der Waals surface area contributed by atoms with Gasteiger partial charge < -0.3 is 15.8 Å². The Hall–Kier alpha value is -1.71. The molecule has 0 spiro atoms. The van der Waals surface area contributed by atoms with E-state index in [1.54, 1.807) is 13.2 Å². The van der Waals surface area contributed by atoms with E-state index < -0.39 is 0 Å². The van der Waals surface area contributed by atoms with Gasteiger partial charge in [0.05, 0.1) is 7.11 Å². The Bertz CT molecular complexity index is 440. The zero-order valence-corrected chi connectivity index (χ0v) is 11.4. The van der Waals surface area contributed by atoms with Crippen LogP contribution in [0.15, 0.2) is 18.2 Å². The Morgan fingerprint density at radius 2 is 2.16 bits per heavy atom. The summed E-state index contributed by atoms with van der Waals surface area (Å²) >= 11 is 0. The van der Waals surface area contributed by atoms with Crippen molar-refractivity contribution in [2.45, 2.75) is 38.6 Å². The fourth-order valence-electron chi connectivity index (χ4n) is 2.68. The quantitative estimate of drug-likeness (QED) is 0.801. The van der Waals surface area contributed by atoms with Gasteiger partial charge in [0.2, 0.25) is 5.91 Å². The lowest BCUT2D eigenvalue weighted by atomic mass is 10.0. The summed E-state index contributed by atoms with van der Waals surface area (Å²) in [5.74, 6) is 1.45. The minimum atomic E-state index is 0.122. The van der Waals surface area contributed by atoms with Gasteiger partial charge in [-0.1, -0.05) is 12.8 Å². The van der Waals surface area contributed by atoms with Crippen LogP contribution in [0, 0.1) is 5.92 Å². The molecule has 1 aliphatic rings. The number of hydrogen-bond donors (Lipinski definition) is 2. The van der Waals surface area contributed by atoms with Crippen molar-refractivity contribution in [3.8, 4) is 5.75 Å². The average Bonchev–Trinajstić information content (AvgIpc) is 2.89. The first-order valence-electron chi connectivity index (χ1n) is 6.88. The lowest BCUT2D eigenvalue weighted by Crippen LogP contribution is -2.24. The first-order valence-corrected chi connectivity index (χ1v) is 6.88. The predicted octanol–water partition coefficient (Wildman–Crippen LogP) is 2.47. The smallest absolute Gasteiger partial charge is 0.220 e. The minimum Gasteiger partial charge on any atom is -0.496 e. The standard InChI is InChI=1S/C15H22N2O2/c1-19-14-7-6-13(16)9-12(14)10-17-15(18)8-11-4-2-3-5-11/h6-7,9,11H,2-5,8,10,16H2,1H3,(H,17,18). The Morgan fingerprint density at radius 1 is 1.42 bits per heavy atom. The van der Waals surface area contributed by atoms with Crippen LogP contribution >= 0.6 is 0 Å². The maximum absolute atomic E-state index is 11.9. The van der Waals surface area contributed by atoms with Gasteiger partial charge in [-0.2, -0.15) is 0 Å². The van der Waals surface area contributed by atoms with Crippen molar-refractivity contribution >= 4 is 11.6 Å². The van der Waals surface area contributed by atoms with Gasteiger partial charge in [-0.25, -0.2) is 0 Å². The topological polar surface area (TPSA) is 64.3 Å². The van der Waals surface area contributed by atoms with Crippen molar-refractivity contribution in [1.29, 1.82) is 0 Å². The summed E-state index contributed by atoms with van der Waals surface area (Å²) < 4.78 is 5.26. The number of anilines is 1. The summed E-state index contributed by atoms with van der Waals surface area (Å²) in [6.07, 6.45) is 5.55. The molecule has 19 heavy (non-hydrogen) atoms. The molecule has 2 rings (SSSR count). The van der Waals surface area contributed by atoms with Gasteiger partial charge in [0.1, 0.15) is 5.75 Å². The first kappa shape index (κ1) is 13.7. The molecule has 1 aromatic carbocycles. The van der Waals surface area contributed by atoms with Crippen LogP contribution < -0.4 is 15.8 Å². The second kappa shape index (κ2) is 6.45. The number of carbonyl (C=O) groups is 1. The number of methoxy groups -OCH3 is 1. The van der Waals surface area contributed by atoms with Crippen molar-refractivity contribution in [3.05, 3.63) is 23.8 Å². The van der Waals surface area contributed by atoms with Crippen LogP contribution in [0.2, 0.25) is 0 Å². The Morgan fingerprint density at radius 3 is 2.84 bits per heavy atom. The normalized spacial score (nSPS) is 15.4. The first-order chi connectivity index (χ1) is 9.19. The molecule has 0 saturated heterocycles. The number of nitrogens with one attached hydrogen (secondary N) is 1. The number of benzene rings is 1. The molecule has 0 aromatic heterocycles. The summed E-state index contributed by atoms with van der Waals surface area (Å²) in [5, 5.41) is 2.95. The van der Waals surface area contributed by atoms with Crippen LogP contribution in [-0.4, -0.2) is 13.0 Å². The van der Waals surface area contributed by atoms with Crippen molar-refractivity contribution in [1.82, 2.24) is 5.32 Å². The van der Waals surface area contributed by atoms with Crippen LogP contribution in [0.1, 0.15) is 37.7 Å². The number of nitrogen functional groups attached to an aromatic ring is 1. The van der Waals surface area contributed by atoms with Crippen LogP contribution in [0.4, 0.5) is 5.69 Å². The number of nitrogens with two attached hydrogens (primary N) is 1. The highest BCUT2D eigenvalue weighted by Gasteiger charge is 2.18. The van der Waals surface area contributed by atoms with Gasteiger partial charge in [-0.05, 0) is 37.0 Å². The summed E-state index contributed by atoms with van der Waals surface area (Å²) in [5.41, 5.74) is 7.35. The molecular formula is C15H22N2O2. The number of amides is 1. The van der Waals surface area contributed by atoms with Crippen molar-refractivity contribution in [2.75, 3.05) is 12.8 Å². The lowest BCUT2D eigenvalue weighted by Gasteiger charge is -2.12. The average molecular weight is 262 g/mol. The molecule has 104 valence electrons. The minimum absolute atomic E-state index is 0.122. The molecule has 1 fully saturated rings. The van der Waals surface area contributed by atoms with Crippen molar-refractivity contribution in [2.24, 2.45) is 5.92 Å². The molecule has 1 saturated carbocycles. The highest BCUT2D eigenvalue weighted by molar-refractivity contribution is 5.76.